The zero-order valence-electron chi connectivity index (χ0n) is 10.7. The number of carbonyl (C=O) groups excluding carboxylic acids is 1. The molecule has 4 heteroatoms. The third kappa shape index (κ3) is 3.22. The number of Topliss-reactive ketones (excluding diaryl/α,β-unsaturated/α-hetero) is 1. The molecule has 0 aliphatic heterocycles. The molecule has 1 aromatic rings. The van der Waals surface area contributed by atoms with Gasteiger partial charge in [-0.15, -0.1) is 11.3 Å². The summed E-state index contributed by atoms with van der Waals surface area (Å²) in [6.07, 6.45) is 5.75. The summed E-state index contributed by atoms with van der Waals surface area (Å²) in [4.78, 5) is 13.7. The third-order valence-corrected chi connectivity index (χ3v) is 5.24. The molecule has 0 radical (unpaired) electrons. The van der Waals surface area contributed by atoms with Crippen LogP contribution < -0.4 is 0 Å². The smallest absolute Gasteiger partial charge is 0.169 e. The Hall–Kier alpha value is -0.190. The average molecular weight is 331 g/mol. The minimum atomic E-state index is -0.497. The van der Waals surface area contributed by atoms with Gasteiger partial charge < -0.3 is 4.74 Å². The fourth-order valence-electron chi connectivity index (χ4n) is 2.67. The van der Waals surface area contributed by atoms with E-state index in [-0.39, 0.29) is 5.78 Å². The van der Waals surface area contributed by atoms with Crippen LogP contribution in [0.15, 0.2) is 15.9 Å². The summed E-state index contributed by atoms with van der Waals surface area (Å²) in [6.45, 7) is 2.60. The zero-order chi connectivity index (χ0) is 13.0. The lowest BCUT2D eigenvalue weighted by Gasteiger charge is -2.35. The van der Waals surface area contributed by atoms with Crippen molar-refractivity contribution in [2.24, 2.45) is 0 Å². The van der Waals surface area contributed by atoms with E-state index in [9.17, 15) is 4.79 Å². The van der Waals surface area contributed by atoms with Crippen LogP contribution in [0.25, 0.3) is 0 Å². The maximum atomic E-state index is 12.6. The van der Waals surface area contributed by atoms with Crippen LogP contribution in [0.5, 0.6) is 0 Å². The zero-order valence-corrected chi connectivity index (χ0v) is 13.1. The molecule has 0 aromatic carbocycles. The van der Waals surface area contributed by atoms with Crippen molar-refractivity contribution < 1.29 is 9.53 Å². The van der Waals surface area contributed by atoms with Gasteiger partial charge in [-0.25, -0.2) is 0 Å². The largest absolute Gasteiger partial charge is 0.367 e. The van der Waals surface area contributed by atoms with Crippen molar-refractivity contribution in [2.75, 3.05) is 6.61 Å². The van der Waals surface area contributed by atoms with Crippen LogP contribution in [0, 0.1) is 0 Å². The Morgan fingerprint density at radius 3 is 2.72 bits per heavy atom. The van der Waals surface area contributed by atoms with Crippen molar-refractivity contribution in [3.8, 4) is 0 Å². The predicted octanol–water partition coefficient (Wildman–Crippen LogP) is 4.36. The second kappa shape index (κ2) is 6.31. The fourth-order valence-corrected chi connectivity index (χ4v) is 4.12. The fraction of sp³-hybridized carbons (Fsp3) is 0.643. The monoisotopic (exact) mass is 330 g/mol. The highest BCUT2D eigenvalue weighted by atomic mass is 79.9. The van der Waals surface area contributed by atoms with E-state index < -0.39 is 5.60 Å². The SMILES string of the molecule is CCOC1(C(=O)Cc2cc(Br)cs2)CCCCC1. The molecule has 1 fully saturated rings. The van der Waals surface area contributed by atoms with Crippen molar-refractivity contribution >= 4 is 33.0 Å². The Balaban J connectivity index is 2.08. The lowest BCUT2D eigenvalue weighted by Crippen LogP contribution is -2.44. The van der Waals surface area contributed by atoms with E-state index in [2.05, 4.69) is 15.9 Å². The molecule has 1 aliphatic rings. The number of ketones is 1. The van der Waals surface area contributed by atoms with Gasteiger partial charge >= 0.3 is 0 Å². The number of carbonyl (C=O) groups is 1. The highest BCUT2D eigenvalue weighted by Crippen LogP contribution is 2.34. The Kier molecular flexibility index (Phi) is 4.98. The molecule has 1 aromatic heterocycles. The minimum Gasteiger partial charge on any atom is -0.367 e. The lowest BCUT2D eigenvalue weighted by molar-refractivity contribution is -0.148. The molecule has 0 atom stereocenters. The van der Waals surface area contributed by atoms with Crippen molar-refractivity contribution in [1.82, 2.24) is 0 Å². The molecule has 1 heterocycles. The van der Waals surface area contributed by atoms with Crippen LogP contribution in [0.1, 0.15) is 43.9 Å². The second-order valence-corrected chi connectivity index (χ2v) is 6.73. The number of thiophene rings is 1. The summed E-state index contributed by atoms with van der Waals surface area (Å²) >= 11 is 5.07. The topological polar surface area (TPSA) is 26.3 Å². The average Bonchev–Trinajstić information content (AvgIpc) is 2.76. The second-order valence-electron chi connectivity index (χ2n) is 4.82. The van der Waals surface area contributed by atoms with Crippen molar-refractivity contribution in [2.45, 2.75) is 51.0 Å². The van der Waals surface area contributed by atoms with Crippen LogP contribution in [0.3, 0.4) is 0 Å². The number of rotatable bonds is 5. The first-order valence-electron chi connectivity index (χ1n) is 6.56. The van der Waals surface area contributed by atoms with Gasteiger partial charge in [0.05, 0.1) is 0 Å². The van der Waals surface area contributed by atoms with Gasteiger partial charge in [-0.1, -0.05) is 19.3 Å². The molecule has 1 aliphatic carbocycles. The van der Waals surface area contributed by atoms with Crippen LogP contribution in [0.4, 0.5) is 0 Å². The van der Waals surface area contributed by atoms with E-state index >= 15 is 0 Å². The number of halogens is 1. The molecule has 0 amide bonds. The third-order valence-electron chi connectivity index (χ3n) is 3.55. The standard InChI is InChI=1S/C14H19BrO2S/c1-2-17-14(6-4-3-5-7-14)13(16)9-12-8-11(15)10-18-12/h8,10H,2-7,9H2,1H3. The first-order valence-corrected chi connectivity index (χ1v) is 8.24. The van der Waals surface area contributed by atoms with Gasteiger partial charge in [0.25, 0.3) is 0 Å². The predicted molar refractivity (Wildman–Crippen MR) is 78.2 cm³/mol. The number of hydrogen-bond donors (Lipinski definition) is 0. The van der Waals surface area contributed by atoms with Gasteiger partial charge in [-0.3, -0.25) is 4.79 Å². The van der Waals surface area contributed by atoms with E-state index in [0.29, 0.717) is 13.0 Å². The molecule has 1 saturated carbocycles. The van der Waals surface area contributed by atoms with Gasteiger partial charge in [0.2, 0.25) is 0 Å². The summed E-state index contributed by atoms with van der Waals surface area (Å²) in [7, 11) is 0. The van der Waals surface area contributed by atoms with Gasteiger partial charge in [-0.2, -0.15) is 0 Å². The van der Waals surface area contributed by atoms with E-state index in [1.165, 1.54) is 6.42 Å². The van der Waals surface area contributed by atoms with E-state index in [1.807, 2.05) is 18.4 Å². The molecule has 0 N–H and O–H groups in total. The minimum absolute atomic E-state index is 0.262. The quantitative estimate of drug-likeness (QED) is 0.801. The van der Waals surface area contributed by atoms with Gasteiger partial charge in [0.1, 0.15) is 5.60 Å². The van der Waals surface area contributed by atoms with Crippen LogP contribution in [-0.4, -0.2) is 18.0 Å². The van der Waals surface area contributed by atoms with Crippen LogP contribution >= 0.6 is 27.3 Å². The van der Waals surface area contributed by atoms with Gasteiger partial charge in [-0.05, 0) is 41.8 Å². The summed E-state index contributed by atoms with van der Waals surface area (Å²) < 4.78 is 6.91. The molecular weight excluding hydrogens is 312 g/mol. The maximum absolute atomic E-state index is 12.6. The highest BCUT2D eigenvalue weighted by Gasteiger charge is 2.39. The molecule has 0 spiro atoms. The molecule has 100 valence electrons. The number of ether oxygens (including phenoxy) is 1. The van der Waals surface area contributed by atoms with Gasteiger partial charge in [0.15, 0.2) is 5.78 Å². The van der Waals surface area contributed by atoms with Crippen molar-refractivity contribution in [3.63, 3.8) is 0 Å². The molecule has 2 nitrogen and oxygen atoms in total. The van der Waals surface area contributed by atoms with Crippen LogP contribution in [-0.2, 0) is 16.0 Å². The molecule has 0 bridgehead atoms. The maximum Gasteiger partial charge on any atom is 0.169 e. The molecule has 18 heavy (non-hydrogen) atoms. The van der Waals surface area contributed by atoms with Crippen molar-refractivity contribution in [3.05, 3.63) is 20.8 Å². The molecule has 0 saturated heterocycles. The van der Waals surface area contributed by atoms with E-state index in [1.54, 1.807) is 11.3 Å². The Morgan fingerprint density at radius 1 is 1.44 bits per heavy atom. The normalized spacial score (nSPS) is 18.8. The molecule has 0 unspecified atom stereocenters. The summed E-state index contributed by atoms with van der Waals surface area (Å²) in [5.74, 6) is 0.262. The van der Waals surface area contributed by atoms with Gasteiger partial charge in [0, 0.05) is 27.8 Å². The molecular formula is C14H19BrO2S. The highest BCUT2D eigenvalue weighted by molar-refractivity contribution is 9.10. The summed E-state index contributed by atoms with van der Waals surface area (Å²) in [5, 5.41) is 2.02. The number of hydrogen-bond acceptors (Lipinski definition) is 3. The van der Waals surface area contributed by atoms with Crippen molar-refractivity contribution in [1.29, 1.82) is 0 Å². The molecule has 2 rings (SSSR count). The Bertz CT molecular complexity index is 402. The Morgan fingerprint density at radius 2 is 2.17 bits per heavy atom. The summed E-state index contributed by atoms with van der Waals surface area (Å²) in [5.41, 5.74) is -0.497. The first-order chi connectivity index (χ1) is 8.66. The van der Waals surface area contributed by atoms with Crippen LogP contribution in [0.2, 0.25) is 0 Å². The van der Waals surface area contributed by atoms with E-state index in [0.717, 1.165) is 35.0 Å². The summed E-state index contributed by atoms with van der Waals surface area (Å²) in [6, 6.07) is 2.03. The lowest BCUT2D eigenvalue weighted by atomic mass is 9.80. The Labute approximate surface area is 121 Å². The van der Waals surface area contributed by atoms with E-state index in [4.69, 9.17) is 4.74 Å². The first kappa shape index (κ1) is 14.2.